The summed E-state index contributed by atoms with van der Waals surface area (Å²) in [6, 6.07) is 3.36. The molecule has 32 heavy (non-hydrogen) atoms. The van der Waals surface area contributed by atoms with E-state index in [9.17, 15) is 23.7 Å². The molecule has 0 radical (unpaired) electrons. The summed E-state index contributed by atoms with van der Waals surface area (Å²) < 4.78 is 47.4. The summed E-state index contributed by atoms with van der Waals surface area (Å²) in [7, 11) is -1.79. The minimum Gasteiger partial charge on any atom is -0.501 e. The number of amides is 1. The van der Waals surface area contributed by atoms with Crippen molar-refractivity contribution in [1.82, 2.24) is 14.9 Å². The van der Waals surface area contributed by atoms with Crippen molar-refractivity contribution in [1.29, 1.82) is 0 Å². The van der Waals surface area contributed by atoms with E-state index in [1.165, 1.54) is 10.6 Å². The lowest BCUT2D eigenvalue weighted by Gasteiger charge is -2.32. The molecule has 13 heteroatoms. The zero-order valence-electron chi connectivity index (χ0n) is 17.9. The normalized spacial score (nSPS) is 15.2. The van der Waals surface area contributed by atoms with Gasteiger partial charge in [-0.2, -0.15) is 0 Å². The second-order valence-electron chi connectivity index (χ2n) is 7.29. The predicted molar refractivity (Wildman–Crippen MR) is 109 cm³/mol. The van der Waals surface area contributed by atoms with Crippen LogP contribution in [0.25, 0.3) is 0 Å². The maximum absolute atomic E-state index is 13.7. The van der Waals surface area contributed by atoms with Gasteiger partial charge in [-0.1, -0.05) is 6.07 Å². The third-order valence-corrected chi connectivity index (χ3v) is 6.12. The van der Waals surface area contributed by atoms with E-state index in [1.54, 1.807) is 13.8 Å². The fourth-order valence-corrected chi connectivity index (χ4v) is 3.82. The Morgan fingerprint density at radius 1 is 1.38 bits per heavy atom. The van der Waals surface area contributed by atoms with Crippen molar-refractivity contribution in [3.05, 3.63) is 51.5 Å². The van der Waals surface area contributed by atoms with E-state index in [4.69, 9.17) is 18.3 Å². The molecule has 11 nitrogen and oxygen atoms in total. The largest absolute Gasteiger partial charge is 0.529 e. The molecule has 2 N–H and O–H groups in total. The van der Waals surface area contributed by atoms with Crippen LogP contribution in [-0.4, -0.2) is 41.4 Å². The van der Waals surface area contributed by atoms with Crippen molar-refractivity contribution >= 4 is 13.7 Å². The molecule has 0 spiro atoms. The van der Waals surface area contributed by atoms with Crippen LogP contribution in [0.15, 0.2) is 23.0 Å². The topological polar surface area (TPSA) is 138 Å². The first-order valence-corrected chi connectivity index (χ1v) is 10.9. The molecule has 0 unspecified atom stereocenters. The number of aromatic hydroxyl groups is 1. The van der Waals surface area contributed by atoms with Gasteiger partial charge in [0.2, 0.25) is 5.75 Å². The van der Waals surface area contributed by atoms with Gasteiger partial charge in [0.25, 0.3) is 11.5 Å². The molecule has 1 aromatic carbocycles. The number of fused-ring (bicyclic) bond motifs is 1. The van der Waals surface area contributed by atoms with Crippen molar-refractivity contribution in [2.24, 2.45) is 0 Å². The van der Waals surface area contributed by atoms with Gasteiger partial charge in [0.05, 0.1) is 13.2 Å². The number of hydrogen-bond acceptors (Lipinski definition) is 9. The Balaban J connectivity index is 1.88. The molecular formula is C19H23FN3O8P. The number of benzene rings is 1. The molecule has 0 bridgehead atoms. The van der Waals surface area contributed by atoms with Crippen LogP contribution in [0.4, 0.5) is 4.39 Å². The van der Waals surface area contributed by atoms with Gasteiger partial charge in [-0.05, 0) is 19.9 Å². The Morgan fingerprint density at radius 3 is 2.72 bits per heavy atom. The van der Waals surface area contributed by atoms with Gasteiger partial charge < -0.3 is 19.7 Å². The van der Waals surface area contributed by atoms with Crippen LogP contribution in [0.3, 0.4) is 0 Å². The van der Waals surface area contributed by atoms with Gasteiger partial charge in [0.1, 0.15) is 23.0 Å². The Labute approximate surface area is 182 Å². The van der Waals surface area contributed by atoms with Crippen LogP contribution in [-0.2, 0) is 37.0 Å². The summed E-state index contributed by atoms with van der Waals surface area (Å²) >= 11 is 0. The van der Waals surface area contributed by atoms with E-state index in [-0.39, 0.29) is 36.8 Å². The molecule has 0 fully saturated rings. The SMILES string of the molecule is COP(=O)(OC)Oc1cc(F)ccc1CNC(=O)c1nc2n(c(=O)c1O)CCOC2(C)C. The van der Waals surface area contributed by atoms with Crippen LogP contribution in [0.2, 0.25) is 0 Å². The summed E-state index contributed by atoms with van der Waals surface area (Å²) in [6.07, 6.45) is 0. The fraction of sp³-hybridized carbons (Fsp3) is 0.421. The average Bonchev–Trinajstić information content (AvgIpc) is 2.75. The Bertz CT molecular complexity index is 1140. The monoisotopic (exact) mass is 471 g/mol. The number of carbonyl (C=O) groups excluding carboxylic acids is 1. The van der Waals surface area contributed by atoms with Gasteiger partial charge in [-0.25, -0.2) is 13.9 Å². The smallest absolute Gasteiger partial charge is 0.501 e. The van der Waals surface area contributed by atoms with E-state index in [2.05, 4.69) is 10.3 Å². The number of halogens is 1. The highest BCUT2D eigenvalue weighted by molar-refractivity contribution is 7.48. The summed E-state index contributed by atoms with van der Waals surface area (Å²) in [6.45, 7) is 3.59. The average molecular weight is 471 g/mol. The summed E-state index contributed by atoms with van der Waals surface area (Å²) in [5.41, 5.74) is -1.96. The minimum atomic E-state index is -3.99. The molecule has 0 saturated carbocycles. The van der Waals surface area contributed by atoms with Gasteiger partial charge >= 0.3 is 7.82 Å². The van der Waals surface area contributed by atoms with Crippen molar-refractivity contribution < 1.29 is 37.2 Å². The number of nitrogens with zero attached hydrogens (tertiary/aromatic N) is 2. The number of ether oxygens (including phenoxy) is 1. The van der Waals surface area contributed by atoms with Crippen LogP contribution < -0.4 is 15.4 Å². The predicted octanol–water partition coefficient (Wildman–Crippen LogP) is 2.06. The van der Waals surface area contributed by atoms with E-state index in [1.807, 2.05) is 0 Å². The lowest BCUT2D eigenvalue weighted by atomic mass is 10.1. The summed E-state index contributed by atoms with van der Waals surface area (Å²) in [5, 5.41) is 12.7. The first-order chi connectivity index (χ1) is 15.0. The number of phosphoric acid groups is 1. The molecule has 1 amide bonds. The zero-order chi connectivity index (χ0) is 23.7. The van der Waals surface area contributed by atoms with E-state index >= 15 is 0 Å². The lowest BCUT2D eigenvalue weighted by molar-refractivity contribution is -0.0566. The number of nitrogens with one attached hydrogen (secondary N) is 1. The third kappa shape index (κ3) is 4.68. The standard InChI is InChI=1S/C19H23FN3O8P/c1-19(2)18-22-14(15(24)17(26)23(18)7-8-30-19)16(25)21-10-11-5-6-12(20)9-13(11)31-32(27,28-3)29-4/h5-6,9,24H,7-8,10H2,1-4H3,(H,21,25). The minimum absolute atomic E-state index is 0.186. The van der Waals surface area contributed by atoms with Gasteiger partial charge in [0, 0.05) is 32.4 Å². The highest BCUT2D eigenvalue weighted by Crippen LogP contribution is 2.48. The molecule has 3 rings (SSSR count). The number of rotatable bonds is 7. The first kappa shape index (κ1) is 23.9. The lowest BCUT2D eigenvalue weighted by Crippen LogP contribution is -2.42. The number of phosphoric ester groups is 1. The third-order valence-electron chi connectivity index (χ3n) is 4.80. The molecule has 174 valence electrons. The van der Waals surface area contributed by atoms with Crippen molar-refractivity contribution in [2.75, 3.05) is 20.8 Å². The molecule has 2 aromatic rings. The quantitative estimate of drug-likeness (QED) is 0.581. The van der Waals surface area contributed by atoms with Crippen molar-refractivity contribution in [3.8, 4) is 11.5 Å². The molecule has 2 heterocycles. The van der Waals surface area contributed by atoms with Crippen LogP contribution in [0.5, 0.6) is 11.5 Å². The zero-order valence-corrected chi connectivity index (χ0v) is 18.8. The van der Waals surface area contributed by atoms with Crippen LogP contribution in [0, 0.1) is 5.82 Å². The van der Waals surface area contributed by atoms with Gasteiger partial charge in [-0.15, -0.1) is 0 Å². The highest BCUT2D eigenvalue weighted by atomic mass is 31.2. The maximum Gasteiger partial charge on any atom is 0.529 e. The van der Waals surface area contributed by atoms with Crippen molar-refractivity contribution in [3.63, 3.8) is 0 Å². The molecule has 1 aromatic heterocycles. The highest BCUT2D eigenvalue weighted by Gasteiger charge is 2.34. The second-order valence-corrected chi connectivity index (χ2v) is 9.09. The van der Waals surface area contributed by atoms with Crippen LogP contribution >= 0.6 is 7.82 Å². The van der Waals surface area contributed by atoms with Crippen molar-refractivity contribution in [2.45, 2.75) is 32.5 Å². The number of carbonyl (C=O) groups is 1. The molecule has 1 aliphatic rings. The van der Waals surface area contributed by atoms with E-state index in [0.717, 1.165) is 26.4 Å². The number of aromatic nitrogens is 2. The Morgan fingerprint density at radius 2 is 2.06 bits per heavy atom. The fourth-order valence-electron chi connectivity index (χ4n) is 3.11. The maximum atomic E-state index is 13.7. The number of hydrogen-bond donors (Lipinski definition) is 2. The van der Waals surface area contributed by atoms with Gasteiger partial charge in [-0.3, -0.25) is 23.2 Å². The molecule has 0 saturated heterocycles. The molecule has 0 atom stereocenters. The first-order valence-electron chi connectivity index (χ1n) is 9.47. The van der Waals surface area contributed by atoms with Gasteiger partial charge in [0.15, 0.2) is 5.69 Å². The summed E-state index contributed by atoms with van der Waals surface area (Å²) in [4.78, 5) is 29.4. The molecule has 1 aliphatic heterocycles. The Hall–Kier alpha value is -2.79. The molecule has 0 aliphatic carbocycles. The molecular weight excluding hydrogens is 448 g/mol. The Kier molecular flexibility index (Phi) is 6.70. The summed E-state index contributed by atoms with van der Waals surface area (Å²) in [5.74, 6) is -2.33. The van der Waals surface area contributed by atoms with E-state index < -0.39 is 42.2 Å². The van der Waals surface area contributed by atoms with Crippen LogP contribution in [0.1, 0.15) is 35.7 Å². The second kappa shape index (κ2) is 8.99. The van der Waals surface area contributed by atoms with E-state index in [0.29, 0.717) is 0 Å².